The summed E-state index contributed by atoms with van der Waals surface area (Å²) < 4.78 is 44.8. The number of carbonyl (C=O) groups excluding carboxylic acids is 1. The molecule has 5 nitrogen and oxygen atoms in total. The zero-order chi connectivity index (χ0) is 18.9. The van der Waals surface area contributed by atoms with Crippen molar-refractivity contribution in [1.29, 1.82) is 0 Å². The lowest BCUT2D eigenvalue weighted by Crippen LogP contribution is -2.44. The van der Waals surface area contributed by atoms with Gasteiger partial charge < -0.3 is 15.0 Å². The molecular formula is C17H15BrF3N3O2. The van der Waals surface area contributed by atoms with Gasteiger partial charge in [0.2, 0.25) is 11.8 Å². The molecule has 0 saturated carbocycles. The zero-order valence-corrected chi connectivity index (χ0v) is 15.3. The molecule has 1 amide bonds. The molecule has 0 saturated heterocycles. The number of nitrogens with zero attached hydrogens (tertiary/aromatic N) is 2. The van der Waals surface area contributed by atoms with E-state index in [0.29, 0.717) is 28.4 Å². The molecule has 1 aromatic carbocycles. The summed E-state index contributed by atoms with van der Waals surface area (Å²) in [6, 6.07) is 8.41. The molecule has 1 aliphatic heterocycles. The predicted molar refractivity (Wildman–Crippen MR) is 93.5 cm³/mol. The average Bonchev–Trinajstić information content (AvgIpc) is 2.58. The number of amides is 1. The van der Waals surface area contributed by atoms with E-state index in [1.54, 1.807) is 12.1 Å². The summed E-state index contributed by atoms with van der Waals surface area (Å²) in [5, 5.41) is 2.68. The van der Waals surface area contributed by atoms with E-state index in [1.165, 1.54) is 19.1 Å². The molecule has 0 radical (unpaired) electrons. The number of ether oxygens (including phenoxy) is 1. The Morgan fingerprint density at radius 3 is 2.62 bits per heavy atom. The van der Waals surface area contributed by atoms with Crippen LogP contribution >= 0.6 is 15.9 Å². The van der Waals surface area contributed by atoms with Crippen molar-refractivity contribution in [3.05, 3.63) is 46.6 Å². The van der Waals surface area contributed by atoms with E-state index in [0.717, 1.165) is 12.1 Å². The van der Waals surface area contributed by atoms with Gasteiger partial charge in [0.1, 0.15) is 16.4 Å². The van der Waals surface area contributed by atoms with Crippen molar-refractivity contribution < 1.29 is 22.7 Å². The highest BCUT2D eigenvalue weighted by Crippen LogP contribution is 2.38. The number of hydrogen-bond donors (Lipinski definition) is 1. The summed E-state index contributed by atoms with van der Waals surface area (Å²) in [4.78, 5) is 17.3. The van der Waals surface area contributed by atoms with Gasteiger partial charge in [-0.3, -0.25) is 4.79 Å². The third kappa shape index (κ3) is 4.09. The lowest BCUT2D eigenvalue weighted by atomic mass is 10.1. The third-order valence-electron chi connectivity index (χ3n) is 3.85. The van der Waals surface area contributed by atoms with Crippen LogP contribution in [0, 0.1) is 0 Å². The van der Waals surface area contributed by atoms with E-state index in [1.807, 2.05) is 4.90 Å². The van der Waals surface area contributed by atoms with Gasteiger partial charge in [-0.1, -0.05) is 0 Å². The Morgan fingerprint density at radius 1 is 1.31 bits per heavy atom. The molecule has 0 aliphatic carbocycles. The first-order valence-electron chi connectivity index (χ1n) is 7.76. The smallest absolute Gasteiger partial charge is 0.416 e. The van der Waals surface area contributed by atoms with Gasteiger partial charge in [0.25, 0.3) is 0 Å². The first-order chi connectivity index (χ1) is 12.2. The van der Waals surface area contributed by atoms with Gasteiger partial charge in [-0.2, -0.15) is 13.2 Å². The van der Waals surface area contributed by atoms with Crippen LogP contribution in [0.15, 0.2) is 41.0 Å². The van der Waals surface area contributed by atoms with Gasteiger partial charge in [0.05, 0.1) is 18.7 Å². The van der Waals surface area contributed by atoms with Crippen LogP contribution in [0.5, 0.6) is 5.88 Å². The lowest BCUT2D eigenvalue weighted by molar-refractivity contribution is -0.137. The summed E-state index contributed by atoms with van der Waals surface area (Å²) in [6.45, 7) is 2.03. The molecule has 0 unspecified atom stereocenters. The maximum atomic E-state index is 12.8. The summed E-state index contributed by atoms with van der Waals surface area (Å²) in [7, 11) is 0. The number of fused-ring (bicyclic) bond motifs is 1. The van der Waals surface area contributed by atoms with Crippen LogP contribution in [0.1, 0.15) is 12.5 Å². The van der Waals surface area contributed by atoms with Crippen molar-refractivity contribution in [2.45, 2.75) is 19.2 Å². The molecule has 1 N–H and O–H groups in total. The molecule has 26 heavy (non-hydrogen) atoms. The number of benzene rings is 1. The van der Waals surface area contributed by atoms with Crippen molar-refractivity contribution in [3.8, 4) is 5.88 Å². The molecule has 2 aromatic rings. The van der Waals surface area contributed by atoms with E-state index in [2.05, 4.69) is 26.2 Å². The summed E-state index contributed by atoms with van der Waals surface area (Å²) >= 11 is 3.28. The Kier molecular flexibility index (Phi) is 5.08. The molecule has 2 heterocycles. The molecule has 1 aliphatic rings. The highest BCUT2D eigenvalue weighted by molar-refractivity contribution is 9.10. The number of rotatable bonds is 3. The normalized spacial score (nSPS) is 16.7. The highest BCUT2D eigenvalue weighted by Gasteiger charge is 2.32. The van der Waals surface area contributed by atoms with E-state index in [9.17, 15) is 18.0 Å². The molecule has 3 rings (SSSR count). The molecule has 0 spiro atoms. The molecule has 0 fully saturated rings. The van der Waals surface area contributed by atoms with E-state index in [4.69, 9.17) is 4.74 Å². The number of aromatic nitrogens is 1. The predicted octanol–water partition coefficient (Wildman–Crippen LogP) is 3.90. The number of halogens is 4. The number of pyridine rings is 1. The number of nitrogens with one attached hydrogen (secondary N) is 1. The van der Waals surface area contributed by atoms with Gasteiger partial charge in [0, 0.05) is 12.6 Å². The van der Waals surface area contributed by atoms with Gasteiger partial charge >= 0.3 is 6.18 Å². The number of alkyl halides is 3. The van der Waals surface area contributed by atoms with Gasteiger partial charge in [-0.25, -0.2) is 4.98 Å². The lowest BCUT2D eigenvalue weighted by Gasteiger charge is -2.35. The molecular weight excluding hydrogens is 415 g/mol. The van der Waals surface area contributed by atoms with Crippen LogP contribution in [0.4, 0.5) is 24.5 Å². The minimum absolute atomic E-state index is 0.192. The second-order valence-electron chi connectivity index (χ2n) is 5.79. The fourth-order valence-corrected chi connectivity index (χ4v) is 2.93. The van der Waals surface area contributed by atoms with E-state index in [-0.39, 0.29) is 12.5 Å². The molecule has 1 aromatic heterocycles. The number of carbonyl (C=O) groups is 1. The van der Waals surface area contributed by atoms with Gasteiger partial charge in [-0.15, -0.1) is 0 Å². The van der Waals surface area contributed by atoms with Crippen LogP contribution in [0.2, 0.25) is 0 Å². The summed E-state index contributed by atoms with van der Waals surface area (Å²) in [5.74, 6) is 0.156. The Balaban J connectivity index is 1.92. The van der Waals surface area contributed by atoms with Crippen molar-refractivity contribution in [1.82, 2.24) is 10.3 Å². The monoisotopic (exact) mass is 429 g/mol. The standard InChI is InChI=1S/C17H15BrF3N3O2/c1-10(25)22-8-13-9-24(14-6-7-15(18)23-16(14)26-13)12-4-2-11(3-5-12)17(19,20)21/h2-7,13H,8-9H2,1H3,(H,22,25)/t13-/m0/s1. The minimum atomic E-state index is -4.39. The quantitative estimate of drug-likeness (QED) is 0.751. The van der Waals surface area contributed by atoms with Crippen LogP contribution in [-0.2, 0) is 11.0 Å². The highest BCUT2D eigenvalue weighted by atomic mass is 79.9. The molecule has 1 atom stereocenters. The second-order valence-corrected chi connectivity index (χ2v) is 6.60. The minimum Gasteiger partial charge on any atom is -0.469 e. The fourth-order valence-electron chi connectivity index (χ4n) is 2.64. The summed E-state index contributed by atoms with van der Waals surface area (Å²) in [6.07, 6.45) is -4.78. The average molecular weight is 430 g/mol. The van der Waals surface area contributed by atoms with Crippen molar-refractivity contribution >= 4 is 33.2 Å². The number of hydrogen-bond acceptors (Lipinski definition) is 4. The molecule has 0 bridgehead atoms. The van der Waals surface area contributed by atoms with Crippen LogP contribution in [-0.4, -0.2) is 30.1 Å². The zero-order valence-electron chi connectivity index (χ0n) is 13.7. The van der Waals surface area contributed by atoms with Gasteiger partial charge in [-0.05, 0) is 52.3 Å². The third-order valence-corrected chi connectivity index (χ3v) is 4.29. The number of anilines is 2. The summed E-state index contributed by atoms with van der Waals surface area (Å²) in [5.41, 5.74) is 0.519. The van der Waals surface area contributed by atoms with Crippen molar-refractivity contribution in [3.63, 3.8) is 0 Å². The Labute approximate surface area is 156 Å². The SMILES string of the molecule is CC(=O)NC[C@H]1CN(c2ccc(C(F)(F)F)cc2)c2ccc(Br)nc2O1. The second kappa shape index (κ2) is 7.14. The Bertz CT molecular complexity index is 812. The van der Waals surface area contributed by atoms with Crippen LogP contribution in [0.3, 0.4) is 0 Å². The first kappa shape index (κ1) is 18.5. The van der Waals surface area contributed by atoms with E-state index >= 15 is 0 Å². The van der Waals surface area contributed by atoms with E-state index < -0.39 is 17.8 Å². The maximum Gasteiger partial charge on any atom is 0.416 e. The van der Waals surface area contributed by atoms with Crippen LogP contribution in [0.25, 0.3) is 0 Å². The largest absolute Gasteiger partial charge is 0.469 e. The van der Waals surface area contributed by atoms with Crippen LogP contribution < -0.4 is 15.0 Å². The topological polar surface area (TPSA) is 54.5 Å². The molecule has 9 heteroatoms. The van der Waals surface area contributed by atoms with Crippen molar-refractivity contribution in [2.75, 3.05) is 18.0 Å². The maximum absolute atomic E-state index is 12.8. The van der Waals surface area contributed by atoms with Gasteiger partial charge in [0.15, 0.2) is 0 Å². The Morgan fingerprint density at radius 2 is 2.00 bits per heavy atom. The molecule has 138 valence electrons. The Hall–Kier alpha value is -2.29. The first-order valence-corrected chi connectivity index (χ1v) is 8.56. The fraction of sp³-hybridized carbons (Fsp3) is 0.294. The van der Waals surface area contributed by atoms with Crippen molar-refractivity contribution in [2.24, 2.45) is 0 Å².